The summed E-state index contributed by atoms with van der Waals surface area (Å²) in [6, 6.07) is 1.96. The average molecular weight is 267 g/mol. The first kappa shape index (κ1) is 10.2. The lowest BCUT2D eigenvalue weighted by molar-refractivity contribution is 0.984. The third-order valence-corrected chi connectivity index (χ3v) is 3.06. The number of nitrogens with zero attached hydrogens (tertiary/aromatic N) is 2. The number of H-pyrrole nitrogens is 1. The van der Waals surface area contributed by atoms with Crippen molar-refractivity contribution in [3.8, 4) is 0 Å². The molecule has 5 heteroatoms. The number of nitrogens with one attached hydrogen (secondary N) is 2. The van der Waals surface area contributed by atoms with Crippen LogP contribution < -0.4 is 5.32 Å². The molecule has 0 saturated heterocycles. The highest BCUT2D eigenvalue weighted by atomic mass is 79.9. The Morgan fingerprint density at radius 2 is 2.27 bits per heavy atom. The van der Waals surface area contributed by atoms with Crippen LogP contribution in [0.15, 0.2) is 29.1 Å². The van der Waals surface area contributed by atoms with Crippen LogP contribution in [-0.2, 0) is 6.54 Å². The Morgan fingerprint density at radius 3 is 3.00 bits per heavy atom. The van der Waals surface area contributed by atoms with Gasteiger partial charge in [-0.1, -0.05) is 0 Å². The summed E-state index contributed by atoms with van der Waals surface area (Å²) in [7, 11) is 0. The maximum Gasteiger partial charge on any atom is 0.140 e. The van der Waals surface area contributed by atoms with E-state index in [0.717, 1.165) is 21.7 Å². The molecule has 0 radical (unpaired) electrons. The van der Waals surface area contributed by atoms with Crippen LogP contribution >= 0.6 is 15.9 Å². The highest BCUT2D eigenvalue weighted by Crippen LogP contribution is 2.23. The minimum absolute atomic E-state index is 0.641. The van der Waals surface area contributed by atoms with Crippen molar-refractivity contribution in [3.63, 3.8) is 0 Å². The maximum absolute atomic E-state index is 4.24. The fourth-order valence-electron chi connectivity index (χ4n) is 1.23. The van der Waals surface area contributed by atoms with Gasteiger partial charge in [0, 0.05) is 18.6 Å². The predicted octanol–water partition coefficient (Wildman–Crippen LogP) is 2.49. The third-order valence-electron chi connectivity index (χ3n) is 2.06. The summed E-state index contributed by atoms with van der Waals surface area (Å²) >= 11 is 3.49. The average Bonchev–Trinajstić information content (AvgIpc) is 2.73. The zero-order chi connectivity index (χ0) is 10.7. The first-order chi connectivity index (χ1) is 7.27. The number of aromatic nitrogens is 3. The van der Waals surface area contributed by atoms with Crippen LogP contribution in [0.2, 0.25) is 0 Å². The minimum Gasteiger partial charge on any atom is -0.362 e. The van der Waals surface area contributed by atoms with E-state index in [9.17, 15) is 0 Å². The van der Waals surface area contributed by atoms with Gasteiger partial charge in [-0.2, -0.15) is 0 Å². The zero-order valence-corrected chi connectivity index (χ0v) is 9.87. The summed E-state index contributed by atoms with van der Waals surface area (Å²) in [5, 5.41) is 3.20. The first-order valence-corrected chi connectivity index (χ1v) is 5.40. The summed E-state index contributed by atoms with van der Waals surface area (Å²) < 4.78 is 0.997. The second-order valence-electron chi connectivity index (χ2n) is 3.18. The van der Waals surface area contributed by atoms with E-state index in [1.807, 2.05) is 13.0 Å². The molecule has 0 aliphatic heterocycles. The molecule has 0 aliphatic rings. The lowest BCUT2D eigenvalue weighted by Gasteiger charge is -2.07. The monoisotopic (exact) mass is 266 g/mol. The number of aromatic amines is 1. The van der Waals surface area contributed by atoms with E-state index in [4.69, 9.17) is 0 Å². The van der Waals surface area contributed by atoms with Crippen LogP contribution in [0.1, 0.15) is 11.4 Å². The van der Waals surface area contributed by atoms with Crippen LogP contribution in [0.3, 0.4) is 0 Å². The van der Waals surface area contributed by atoms with Crippen molar-refractivity contribution in [2.24, 2.45) is 0 Å². The topological polar surface area (TPSA) is 53.6 Å². The maximum atomic E-state index is 4.24. The molecular weight excluding hydrogens is 256 g/mol. The molecule has 2 aromatic heterocycles. The second-order valence-corrected chi connectivity index (χ2v) is 3.97. The van der Waals surface area contributed by atoms with Gasteiger partial charge in [-0.3, -0.25) is 0 Å². The van der Waals surface area contributed by atoms with Crippen molar-refractivity contribution in [2.45, 2.75) is 13.5 Å². The molecular formula is C10H11BrN4. The van der Waals surface area contributed by atoms with E-state index in [0.29, 0.717) is 6.54 Å². The molecule has 15 heavy (non-hydrogen) atoms. The van der Waals surface area contributed by atoms with E-state index < -0.39 is 0 Å². The fourth-order valence-corrected chi connectivity index (χ4v) is 1.60. The number of anilines is 1. The number of rotatable bonds is 3. The zero-order valence-electron chi connectivity index (χ0n) is 8.29. The first-order valence-electron chi connectivity index (χ1n) is 4.60. The summed E-state index contributed by atoms with van der Waals surface area (Å²) in [6.45, 7) is 2.67. The number of pyridine rings is 1. The van der Waals surface area contributed by atoms with Crippen LogP contribution in [0, 0.1) is 6.92 Å². The van der Waals surface area contributed by atoms with Gasteiger partial charge >= 0.3 is 0 Å². The van der Waals surface area contributed by atoms with Gasteiger partial charge in [0.25, 0.3) is 0 Å². The van der Waals surface area contributed by atoms with Crippen molar-refractivity contribution in [2.75, 3.05) is 5.32 Å². The van der Waals surface area contributed by atoms with E-state index in [2.05, 4.69) is 36.2 Å². The van der Waals surface area contributed by atoms with Gasteiger partial charge in [0.05, 0.1) is 11.0 Å². The fraction of sp³-hybridized carbons (Fsp3) is 0.200. The number of hydrogen-bond donors (Lipinski definition) is 2. The largest absolute Gasteiger partial charge is 0.362 e. The minimum atomic E-state index is 0.641. The van der Waals surface area contributed by atoms with Crippen molar-refractivity contribution >= 4 is 21.7 Å². The van der Waals surface area contributed by atoms with E-state index in [-0.39, 0.29) is 0 Å². The Bertz CT molecular complexity index is 439. The van der Waals surface area contributed by atoms with Crippen LogP contribution in [-0.4, -0.2) is 15.0 Å². The van der Waals surface area contributed by atoms with Gasteiger partial charge in [0.1, 0.15) is 11.6 Å². The molecule has 0 saturated carbocycles. The highest BCUT2D eigenvalue weighted by Gasteiger charge is 2.03. The molecule has 0 fully saturated rings. The van der Waals surface area contributed by atoms with Gasteiger partial charge in [0.2, 0.25) is 0 Å². The van der Waals surface area contributed by atoms with Gasteiger partial charge in [-0.15, -0.1) is 0 Å². The van der Waals surface area contributed by atoms with Crippen LogP contribution in [0.25, 0.3) is 0 Å². The Morgan fingerprint density at radius 1 is 1.40 bits per heavy atom. The SMILES string of the molecule is Cc1ccnc(NCc2ncc[nH]2)c1Br. The molecule has 2 aromatic rings. The molecule has 2 N–H and O–H groups in total. The number of hydrogen-bond acceptors (Lipinski definition) is 3. The van der Waals surface area contributed by atoms with Crippen LogP contribution in [0.5, 0.6) is 0 Å². The second kappa shape index (κ2) is 4.44. The Balaban J connectivity index is 2.08. The van der Waals surface area contributed by atoms with E-state index in [1.54, 1.807) is 18.6 Å². The van der Waals surface area contributed by atoms with Crippen LogP contribution in [0.4, 0.5) is 5.82 Å². The summed E-state index contributed by atoms with van der Waals surface area (Å²) in [5.41, 5.74) is 1.16. The predicted molar refractivity (Wildman–Crippen MR) is 62.6 cm³/mol. The molecule has 0 bridgehead atoms. The molecule has 4 nitrogen and oxygen atoms in total. The molecule has 0 unspecified atom stereocenters. The number of imidazole rings is 1. The van der Waals surface area contributed by atoms with Gasteiger partial charge in [-0.25, -0.2) is 9.97 Å². The molecule has 0 spiro atoms. The highest BCUT2D eigenvalue weighted by molar-refractivity contribution is 9.10. The van der Waals surface area contributed by atoms with Crippen molar-refractivity contribution in [1.82, 2.24) is 15.0 Å². The number of aryl methyl sites for hydroxylation is 1. The Labute approximate surface area is 96.3 Å². The molecule has 78 valence electrons. The lowest BCUT2D eigenvalue weighted by atomic mass is 10.3. The molecule has 0 amide bonds. The molecule has 0 aromatic carbocycles. The smallest absolute Gasteiger partial charge is 0.140 e. The molecule has 0 atom stereocenters. The van der Waals surface area contributed by atoms with Crippen molar-refractivity contribution in [3.05, 3.63) is 40.5 Å². The molecule has 2 heterocycles. The Kier molecular flexibility index (Phi) is 3.01. The normalized spacial score (nSPS) is 10.3. The van der Waals surface area contributed by atoms with Gasteiger partial charge < -0.3 is 10.3 Å². The lowest BCUT2D eigenvalue weighted by Crippen LogP contribution is -2.03. The quantitative estimate of drug-likeness (QED) is 0.898. The molecule has 0 aliphatic carbocycles. The van der Waals surface area contributed by atoms with Crippen molar-refractivity contribution in [1.29, 1.82) is 0 Å². The Hall–Kier alpha value is -1.36. The van der Waals surface area contributed by atoms with E-state index >= 15 is 0 Å². The summed E-state index contributed by atoms with van der Waals surface area (Å²) in [4.78, 5) is 11.4. The summed E-state index contributed by atoms with van der Waals surface area (Å²) in [5.74, 6) is 1.73. The summed E-state index contributed by atoms with van der Waals surface area (Å²) in [6.07, 6.45) is 5.32. The van der Waals surface area contributed by atoms with E-state index in [1.165, 1.54) is 0 Å². The standard InChI is InChI=1S/C10H11BrN4/c1-7-2-3-14-10(9(7)11)15-6-8-12-4-5-13-8/h2-5H,6H2,1H3,(H,12,13)(H,14,15). The van der Waals surface area contributed by atoms with Gasteiger partial charge in [-0.05, 0) is 34.5 Å². The number of halogens is 1. The molecule has 2 rings (SSSR count). The van der Waals surface area contributed by atoms with Crippen molar-refractivity contribution < 1.29 is 0 Å². The third kappa shape index (κ3) is 2.36. The van der Waals surface area contributed by atoms with Gasteiger partial charge in [0.15, 0.2) is 0 Å².